The summed E-state index contributed by atoms with van der Waals surface area (Å²) in [6.07, 6.45) is -3.00. The van der Waals surface area contributed by atoms with E-state index in [2.05, 4.69) is 0 Å². The average Bonchev–Trinajstić information content (AvgIpc) is 2.26. The van der Waals surface area contributed by atoms with E-state index in [4.69, 9.17) is 4.74 Å². The first-order chi connectivity index (χ1) is 7.47. The topological polar surface area (TPSA) is 26.3 Å². The molecule has 88 valence electrons. The van der Waals surface area contributed by atoms with E-state index in [-0.39, 0.29) is 17.2 Å². The number of ether oxygens (including phenoxy) is 1. The van der Waals surface area contributed by atoms with E-state index >= 15 is 0 Å². The SMILES string of the molecule is COc1ccc(C(C)C)cc1C(=O)C(F)F. The number of rotatable bonds is 4. The van der Waals surface area contributed by atoms with Crippen molar-refractivity contribution in [2.45, 2.75) is 26.2 Å². The molecule has 0 bridgehead atoms. The van der Waals surface area contributed by atoms with Gasteiger partial charge < -0.3 is 4.74 Å². The standard InChI is InChI=1S/C12H14F2O2/c1-7(2)8-4-5-10(16-3)9(6-8)11(15)12(13)14/h4-7,12H,1-3H3. The number of alkyl halides is 2. The van der Waals surface area contributed by atoms with Crippen molar-refractivity contribution in [3.05, 3.63) is 29.3 Å². The van der Waals surface area contributed by atoms with Crippen molar-refractivity contribution in [3.8, 4) is 5.75 Å². The van der Waals surface area contributed by atoms with Gasteiger partial charge in [0.05, 0.1) is 12.7 Å². The predicted octanol–water partition coefficient (Wildman–Crippen LogP) is 3.27. The van der Waals surface area contributed by atoms with Crippen LogP contribution >= 0.6 is 0 Å². The highest BCUT2D eigenvalue weighted by Crippen LogP contribution is 2.25. The Kier molecular flexibility index (Phi) is 3.99. The number of benzene rings is 1. The van der Waals surface area contributed by atoms with Gasteiger partial charge in [0.25, 0.3) is 0 Å². The van der Waals surface area contributed by atoms with Gasteiger partial charge in [0.2, 0.25) is 5.78 Å². The molecule has 0 heterocycles. The number of ketones is 1. The fraction of sp³-hybridized carbons (Fsp3) is 0.417. The number of hydrogen-bond donors (Lipinski definition) is 0. The molecule has 0 atom stereocenters. The van der Waals surface area contributed by atoms with Crippen LogP contribution in [0.1, 0.15) is 35.7 Å². The summed E-state index contributed by atoms with van der Waals surface area (Å²) >= 11 is 0. The van der Waals surface area contributed by atoms with Gasteiger partial charge >= 0.3 is 6.43 Å². The molecule has 0 amide bonds. The van der Waals surface area contributed by atoms with Gasteiger partial charge in [-0.1, -0.05) is 19.9 Å². The molecule has 0 radical (unpaired) electrons. The quantitative estimate of drug-likeness (QED) is 0.739. The normalized spacial score (nSPS) is 10.9. The fourth-order valence-electron chi connectivity index (χ4n) is 1.39. The number of methoxy groups -OCH3 is 1. The fourth-order valence-corrected chi connectivity index (χ4v) is 1.39. The molecule has 1 aromatic carbocycles. The Morgan fingerprint density at radius 1 is 1.31 bits per heavy atom. The largest absolute Gasteiger partial charge is 0.496 e. The lowest BCUT2D eigenvalue weighted by molar-refractivity contribution is 0.0675. The van der Waals surface area contributed by atoms with Crippen molar-refractivity contribution in [2.24, 2.45) is 0 Å². The van der Waals surface area contributed by atoms with Crippen LogP contribution in [0.3, 0.4) is 0 Å². The number of halogens is 2. The minimum atomic E-state index is -3.00. The molecule has 2 nitrogen and oxygen atoms in total. The Bertz CT molecular complexity index is 387. The second-order valence-corrected chi connectivity index (χ2v) is 3.78. The molecule has 0 saturated heterocycles. The van der Waals surface area contributed by atoms with E-state index in [0.29, 0.717) is 0 Å². The van der Waals surface area contributed by atoms with Gasteiger partial charge in [0.15, 0.2) is 0 Å². The molecule has 0 fully saturated rings. The highest BCUT2D eigenvalue weighted by molar-refractivity contribution is 6.01. The first-order valence-electron chi connectivity index (χ1n) is 4.97. The van der Waals surface area contributed by atoms with Gasteiger partial charge in [-0.15, -0.1) is 0 Å². The summed E-state index contributed by atoms with van der Waals surface area (Å²) in [7, 11) is 1.35. The highest BCUT2D eigenvalue weighted by Gasteiger charge is 2.22. The van der Waals surface area contributed by atoms with Gasteiger partial charge in [-0.3, -0.25) is 4.79 Å². The van der Waals surface area contributed by atoms with Crippen LogP contribution in [0.2, 0.25) is 0 Å². The predicted molar refractivity (Wildman–Crippen MR) is 57.4 cm³/mol. The lowest BCUT2D eigenvalue weighted by atomic mass is 9.98. The summed E-state index contributed by atoms with van der Waals surface area (Å²) in [5.41, 5.74) is 0.786. The Hall–Kier alpha value is -1.45. The number of Topliss-reactive ketones (excluding diaryl/α,β-unsaturated/α-hetero) is 1. The Morgan fingerprint density at radius 2 is 1.94 bits per heavy atom. The first kappa shape index (κ1) is 12.6. The van der Waals surface area contributed by atoms with Crippen molar-refractivity contribution >= 4 is 5.78 Å². The highest BCUT2D eigenvalue weighted by atomic mass is 19.3. The molecule has 16 heavy (non-hydrogen) atoms. The van der Waals surface area contributed by atoms with Gasteiger partial charge in [0.1, 0.15) is 5.75 Å². The summed E-state index contributed by atoms with van der Waals surface area (Å²) in [5.74, 6) is -0.829. The lowest BCUT2D eigenvalue weighted by Gasteiger charge is -2.11. The maximum absolute atomic E-state index is 12.4. The molecular weight excluding hydrogens is 214 g/mol. The minimum absolute atomic E-state index is 0.0521. The second kappa shape index (κ2) is 5.05. The van der Waals surface area contributed by atoms with Crippen LogP contribution in [0.25, 0.3) is 0 Å². The smallest absolute Gasteiger partial charge is 0.300 e. The second-order valence-electron chi connectivity index (χ2n) is 3.78. The first-order valence-corrected chi connectivity index (χ1v) is 4.97. The van der Waals surface area contributed by atoms with Crippen molar-refractivity contribution in [2.75, 3.05) is 7.11 Å². The third-order valence-electron chi connectivity index (χ3n) is 2.35. The van der Waals surface area contributed by atoms with Gasteiger partial charge in [-0.25, -0.2) is 8.78 Å². The summed E-state index contributed by atoms with van der Waals surface area (Å²) < 4.78 is 29.6. The molecule has 1 aromatic rings. The maximum atomic E-state index is 12.4. The molecule has 0 spiro atoms. The van der Waals surface area contributed by atoms with Crippen LogP contribution < -0.4 is 4.74 Å². The Morgan fingerprint density at radius 3 is 2.38 bits per heavy atom. The van der Waals surface area contributed by atoms with Crippen LogP contribution in [0, 0.1) is 0 Å². The average molecular weight is 228 g/mol. The molecule has 0 aromatic heterocycles. The third kappa shape index (κ3) is 2.56. The van der Waals surface area contributed by atoms with Crippen LogP contribution in [0.15, 0.2) is 18.2 Å². The zero-order chi connectivity index (χ0) is 12.3. The molecule has 1 rings (SSSR count). The Labute approximate surface area is 93.2 Å². The van der Waals surface area contributed by atoms with Crippen LogP contribution in [-0.2, 0) is 0 Å². The lowest BCUT2D eigenvalue weighted by Crippen LogP contribution is -2.12. The Balaban J connectivity index is 3.22. The van der Waals surface area contributed by atoms with E-state index < -0.39 is 12.2 Å². The number of hydrogen-bond acceptors (Lipinski definition) is 2. The van der Waals surface area contributed by atoms with Crippen LogP contribution in [-0.4, -0.2) is 19.3 Å². The monoisotopic (exact) mass is 228 g/mol. The summed E-state index contributed by atoms with van der Waals surface area (Å²) in [6.45, 7) is 3.86. The van der Waals surface area contributed by atoms with E-state index in [1.807, 2.05) is 13.8 Å². The van der Waals surface area contributed by atoms with Crippen molar-refractivity contribution in [1.29, 1.82) is 0 Å². The van der Waals surface area contributed by atoms with Crippen LogP contribution in [0.4, 0.5) is 8.78 Å². The third-order valence-corrected chi connectivity index (χ3v) is 2.35. The summed E-state index contributed by atoms with van der Waals surface area (Å²) in [4.78, 5) is 11.3. The number of carbonyl (C=O) groups is 1. The zero-order valence-corrected chi connectivity index (χ0v) is 9.46. The zero-order valence-electron chi connectivity index (χ0n) is 9.46. The van der Waals surface area contributed by atoms with E-state index in [1.54, 1.807) is 12.1 Å². The molecule has 0 unspecified atom stereocenters. The van der Waals surface area contributed by atoms with Gasteiger partial charge in [-0.2, -0.15) is 0 Å². The summed E-state index contributed by atoms with van der Waals surface area (Å²) in [6, 6.07) is 4.79. The van der Waals surface area contributed by atoms with Crippen molar-refractivity contribution < 1.29 is 18.3 Å². The molecular formula is C12H14F2O2. The van der Waals surface area contributed by atoms with Crippen molar-refractivity contribution in [3.63, 3.8) is 0 Å². The molecule has 4 heteroatoms. The molecule has 0 N–H and O–H groups in total. The molecule has 0 saturated carbocycles. The van der Waals surface area contributed by atoms with E-state index in [0.717, 1.165) is 5.56 Å². The maximum Gasteiger partial charge on any atom is 0.300 e. The molecule has 0 aliphatic rings. The summed E-state index contributed by atoms with van der Waals surface area (Å²) in [5, 5.41) is 0. The van der Waals surface area contributed by atoms with Gasteiger partial charge in [-0.05, 0) is 23.6 Å². The minimum Gasteiger partial charge on any atom is -0.496 e. The molecule has 0 aliphatic carbocycles. The van der Waals surface area contributed by atoms with E-state index in [1.165, 1.54) is 13.2 Å². The van der Waals surface area contributed by atoms with Gasteiger partial charge in [0, 0.05) is 0 Å². The molecule has 0 aliphatic heterocycles. The van der Waals surface area contributed by atoms with E-state index in [9.17, 15) is 13.6 Å². The number of carbonyl (C=O) groups excluding carboxylic acids is 1. The van der Waals surface area contributed by atoms with Crippen molar-refractivity contribution in [1.82, 2.24) is 0 Å². The van der Waals surface area contributed by atoms with Crippen LogP contribution in [0.5, 0.6) is 5.75 Å².